The summed E-state index contributed by atoms with van der Waals surface area (Å²) < 4.78 is 22.9. The molecule has 0 unspecified atom stereocenters. The molecule has 2 heterocycles. The van der Waals surface area contributed by atoms with Crippen LogP contribution in [0.2, 0.25) is 0 Å². The summed E-state index contributed by atoms with van der Waals surface area (Å²) in [5.74, 6) is 1.56. The quantitative estimate of drug-likeness (QED) is 0.517. The molecule has 144 valence electrons. The van der Waals surface area contributed by atoms with Crippen LogP contribution in [-0.2, 0) is 0 Å². The summed E-state index contributed by atoms with van der Waals surface area (Å²) in [6.07, 6.45) is 0. The van der Waals surface area contributed by atoms with Gasteiger partial charge in [-0.1, -0.05) is 5.16 Å². The Morgan fingerprint density at radius 1 is 1.00 bits per heavy atom. The van der Waals surface area contributed by atoms with E-state index >= 15 is 0 Å². The number of hydrogen-bond donors (Lipinski definition) is 0. The van der Waals surface area contributed by atoms with Gasteiger partial charge in [-0.3, -0.25) is 4.57 Å². The van der Waals surface area contributed by atoms with Crippen molar-refractivity contribution in [2.24, 2.45) is 0 Å². The van der Waals surface area contributed by atoms with Crippen LogP contribution in [0.1, 0.15) is 19.9 Å². The van der Waals surface area contributed by atoms with Gasteiger partial charge >= 0.3 is 5.76 Å². The Morgan fingerprint density at radius 2 is 1.71 bits per heavy atom. The Labute approximate surface area is 160 Å². The first kappa shape index (κ1) is 17.8. The fourth-order valence-corrected chi connectivity index (χ4v) is 3.05. The maximum absolute atomic E-state index is 12.1. The molecule has 0 saturated heterocycles. The molecule has 4 aromatic rings. The van der Waals surface area contributed by atoms with Gasteiger partial charge < -0.3 is 18.4 Å². The molecule has 0 atom stereocenters. The molecule has 0 spiro atoms. The van der Waals surface area contributed by atoms with Crippen molar-refractivity contribution >= 4 is 11.1 Å². The van der Waals surface area contributed by atoms with Gasteiger partial charge in [-0.05, 0) is 44.2 Å². The van der Waals surface area contributed by atoms with Crippen LogP contribution >= 0.6 is 0 Å². The number of ether oxygens (including phenoxy) is 2. The molecule has 0 aliphatic heterocycles. The molecule has 2 aromatic carbocycles. The number of aromatic nitrogens is 3. The molecule has 0 fully saturated rings. The average Bonchev–Trinajstić information content (AvgIpc) is 3.30. The lowest BCUT2D eigenvalue weighted by Crippen LogP contribution is -2.15. The predicted octanol–water partition coefficient (Wildman–Crippen LogP) is 3.91. The molecule has 0 aliphatic rings. The third-order valence-corrected chi connectivity index (χ3v) is 4.41. The number of hydrogen-bond acceptors (Lipinski definition) is 7. The summed E-state index contributed by atoms with van der Waals surface area (Å²) in [5, 5.41) is 4.05. The zero-order valence-electron chi connectivity index (χ0n) is 15.9. The molecule has 28 heavy (non-hydrogen) atoms. The summed E-state index contributed by atoms with van der Waals surface area (Å²) in [4.78, 5) is 16.5. The molecule has 0 amide bonds. The molecule has 0 aliphatic carbocycles. The number of methoxy groups -OCH3 is 2. The van der Waals surface area contributed by atoms with Crippen LogP contribution in [0.3, 0.4) is 0 Å². The van der Waals surface area contributed by atoms with Gasteiger partial charge in [-0.2, -0.15) is 4.98 Å². The van der Waals surface area contributed by atoms with Crippen molar-refractivity contribution in [3.63, 3.8) is 0 Å². The molecule has 8 nitrogen and oxygen atoms in total. The minimum Gasteiger partial charge on any atom is -0.497 e. The van der Waals surface area contributed by atoms with Crippen LogP contribution < -0.4 is 15.2 Å². The maximum atomic E-state index is 12.1. The average molecular weight is 381 g/mol. The lowest BCUT2D eigenvalue weighted by atomic mass is 10.2. The lowest BCUT2D eigenvalue weighted by molar-refractivity contribution is 0.393. The van der Waals surface area contributed by atoms with E-state index in [-0.39, 0.29) is 11.8 Å². The minimum absolute atomic E-state index is 0.000538. The van der Waals surface area contributed by atoms with Crippen molar-refractivity contribution in [1.82, 2.24) is 14.7 Å². The minimum atomic E-state index is -0.389. The second kappa shape index (κ2) is 6.88. The van der Waals surface area contributed by atoms with E-state index in [9.17, 15) is 4.79 Å². The van der Waals surface area contributed by atoms with E-state index in [0.29, 0.717) is 39.9 Å². The van der Waals surface area contributed by atoms with Crippen LogP contribution in [0.15, 0.2) is 50.1 Å². The third-order valence-electron chi connectivity index (χ3n) is 4.41. The standard InChI is InChI=1S/C20H19N3O5/c1-11(2)23-16-6-5-12(9-17(16)27-20(23)24)18-21-19(28-22-18)13-7-14(25-3)10-15(8-13)26-4/h5-11H,1-4H3. The number of fused-ring (bicyclic) bond motifs is 1. The molecule has 0 bridgehead atoms. The van der Waals surface area contributed by atoms with Gasteiger partial charge in [-0.15, -0.1) is 0 Å². The van der Waals surface area contributed by atoms with Gasteiger partial charge in [0.25, 0.3) is 5.89 Å². The largest absolute Gasteiger partial charge is 0.497 e. The SMILES string of the molecule is COc1cc(OC)cc(-c2nc(-c3ccc4c(c3)oc(=O)n4C(C)C)no2)c1. The van der Waals surface area contributed by atoms with Crippen molar-refractivity contribution in [3.05, 3.63) is 46.9 Å². The first-order chi connectivity index (χ1) is 13.5. The van der Waals surface area contributed by atoms with E-state index < -0.39 is 0 Å². The summed E-state index contributed by atoms with van der Waals surface area (Å²) in [6.45, 7) is 3.86. The fraction of sp³-hybridized carbons (Fsp3) is 0.250. The van der Waals surface area contributed by atoms with Gasteiger partial charge in [0.2, 0.25) is 5.82 Å². The zero-order valence-corrected chi connectivity index (χ0v) is 15.9. The normalized spacial score (nSPS) is 11.3. The molecule has 0 saturated carbocycles. The van der Waals surface area contributed by atoms with Gasteiger partial charge in [0, 0.05) is 23.2 Å². The van der Waals surface area contributed by atoms with E-state index in [4.69, 9.17) is 18.4 Å². The van der Waals surface area contributed by atoms with Crippen LogP contribution in [0.25, 0.3) is 33.9 Å². The van der Waals surface area contributed by atoms with E-state index in [1.807, 2.05) is 26.0 Å². The van der Waals surface area contributed by atoms with Crippen LogP contribution in [0.4, 0.5) is 0 Å². The van der Waals surface area contributed by atoms with Crippen molar-refractivity contribution in [2.45, 2.75) is 19.9 Å². The lowest BCUT2D eigenvalue weighted by Gasteiger charge is -2.05. The topological polar surface area (TPSA) is 92.5 Å². The highest BCUT2D eigenvalue weighted by molar-refractivity contribution is 5.79. The van der Waals surface area contributed by atoms with E-state index in [1.54, 1.807) is 43.1 Å². The van der Waals surface area contributed by atoms with Crippen molar-refractivity contribution < 1.29 is 18.4 Å². The Kier molecular flexibility index (Phi) is 4.38. The number of rotatable bonds is 5. The first-order valence-corrected chi connectivity index (χ1v) is 8.72. The summed E-state index contributed by atoms with van der Waals surface area (Å²) in [6, 6.07) is 10.7. The Balaban J connectivity index is 1.75. The first-order valence-electron chi connectivity index (χ1n) is 8.72. The highest BCUT2D eigenvalue weighted by atomic mass is 16.5. The smallest absolute Gasteiger partial charge is 0.420 e. The number of nitrogens with zero attached hydrogens (tertiary/aromatic N) is 3. The third kappa shape index (κ3) is 3.02. The van der Waals surface area contributed by atoms with Gasteiger partial charge in [0.1, 0.15) is 11.5 Å². The highest BCUT2D eigenvalue weighted by Gasteiger charge is 2.16. The molecular weight excluding hydrogens is 362 g/mol. The molecular formula is C20H19N3O5. The van der Waals surface area contributed by atoms with Crippen LogP contribution in [-0.4, -0.2) is 28.9 Å². The summed E-state index contributed by atoms with van der Waals surface area (Å²) >= 11 is 0. The van der Waals surface area contributed by atoms with E-state index in [2.05, 4.69) is 10.1 Å². The Morgan fingerprint density at radius 3 is 2.36 bits per heavy atom. The molecule has 0 radical (unpaired) electrons. The van der Waals surface area contributed by atoms with E-state index in [1.165, 1.54) is 0 Å². The van der Waals surface area contributed by atoms with Gasteiger partial charge in [0.05, 0.1) is 19.7 Å². The second-order valence-electron chi connectivity index (χ2n) is 6.54. The van der Waals surface area contributed by atoms with E-state index in [0.717, 1.165) is 5.52 Å². The zero-order chi connectivity index (χ0) is 19.8. The summed E-state index contributed by atoms with van der Waals surface area (Å²) in [7, 11) is 3.15. The van der Waals surface area contributed by atoms with Gasteiger partial charge in [0.15, 0.2) is 5.58 Å². The van der Waals surface area contributed by atoms with Crippen molar-refractivity contribution in [3.8, 4) is 34.3 Å². The highest BCUT2D eigenvalue weighted by Crippen LogP contribution is 2.30. The molecule has 2 aromatic heterocycles. The predicted molar refractivity (Wildman–Crippen MR) is 103 cm³/mol. The second-order valence-corrected chi connectivity index (χ2v) is 6.54. The summed E-state index contributed by atoms with van der Waals surface area (Å²) in [5.41, 5.74) is 2.56. The fourth-order valence-electron chi connectivity index (χ4n) is 3.05. The molecule has 4 rings (SSSR count). The maximum Gasteiger partial charge on any atom is 0.420 e. The van der Waals surface area contributed by atoms with Crippen LogP contribution in [0.5, 0.6) is 11.5 Å². The monoisotopic (exact) mass is 381 g/mol. The molecule has 0 N–H and O–H groups in total. The Hall–Kier alpha value is -3.55. The molecule has 8 heteroatoms. The van der Waals surface area contributed by atoms with Crippen molar-refractivity contribution in [2.75, 3.05) is 14.2 Å². The van der Waals surface area contributed by atoms with Gasteiger partial charge in [-0.25, -0.2) is 4.79 Å². The number of oxazole rings is 1. The Bertz CT molecular complexity index is 1180. The van der Waals surface area contributed by atoms with Crippen LogP contribution in [0, 0.1) is 0 Å². The number of benzene rings is 2. The van der Waals surface area contributed by atoms with Crippen molar-refractivity contribution in [1.29, 1.82) is 0 Å².